The van der Waals surface area contributed by atoms with Crippen LogP contribution in [0.5, 0.6) is 0 Å². The third kappa shape index (κ3) is 4.84. The molecule has 2 atom stereocenters. The number of ether oxygens (including phenoxy) is 3. The van der Waals surface area contributed by atoms with E-state index in [4.69, 9.17) is 14.2 Å². The Morgan fingerprint density at radius 2 is 1.89 bits per heavy atom. The van der Waals surface area contributed by atoms with Gasteiger partial charge in [-0.25, -0.2) is 0 Å². The molecular weight excluding hydrogens is 230 g/mol. The summed E-state index contributed by atoms with van der Waals surface area (Å²) in [5.41, 5.74) is 0. The lowest BCUT2D eigenvalue weighted by molar-refractivity contribution is -0.0293. The van der Waals surface area contributed by atoms with Crippen molar-refractivity contribution in [2.24, 2.45) is 0 Å². The van der Waals surface area contributed by atoms with Crippen molar-refractivity contribution >= 4 is 0 Å². The highest BCUT2D eigenvalue weighted by Gasteiger charge is 2.22. The molecule has 2 fully saturated rings. The minimum absolute atomic E-state index is 0.403. The summed E-state index contributed by atoms with van der Waals surface area (Å²) in [6.07, 6.45) is 7.76. The van der Waals surface area contributed by atoms with Gasteiger partial charge in [-0.3, -0.25) is 0 Å². The maximum atomic E-state index is 5.93. The van der Waals surface area contributed by atoms with Crippen LogP contribution < -0.4 is 5.32 Å². The van der Waals surface area contributed by atoms with Crippen LogP contribution in [0.4, 0.5) is 0 Å². The van der Waals surface area contributed by atoms with Gasteiger partial charge in [0, 0.05) is 32.9 Å². The third-order valence-corrected chi connectivity index (χ3v) is 4.02. The summed E-state index contributed by atoms with van der Waals surface area (Å²) in [7, 11) is 1.81. The molecule has 0 aromatic carbocycles. The molecule has 0 aromatic rings. The summed E-state index contributed by atoms with van der Waals surface area (Å²) in [4.78, 5) is 0. The van der Waals surface area contributed by atoms with Gasteiger partial charge in [0.05, 0.1) is 18.8 Å². The number of hydrogen-bond acceptors (Lipinski definition) is 4. The first-order valence-corrected chi connectivity index (χ1v) is 7.34. The summed E-state index contributed by atoms with van der Waals surface area (Å²) < 4.78 is 16.7. The van der Waals surface area contributed by atoms with Gasteiger partial charge in [0.1, 0.15) is 0 Å². The van der Waals surface area contributed by atoms with Gasteiger partial charge in [-0.1, -0.05) is 0 Å². The zero-order valence-corrected chi connectivity index (χ0v) is 11.5. The Kier molecular flexibility index (Phi) is 6.41. The molecule has 0 bridgehead atoms. The average molecular weight is 257 g/mol. The van der Waals surface area contributed by atoms with E-state index < -0.39 is 0 Å². The molecular formula is C14H27NO3. The second kappa shape index (κ2) is 8.10. The molecule has 0 spiro atoms. The third-order valence-electron chi connectivity index (χ3n) is 4.02. The molecule has 4 nitrogen and oxygen atoms in total. The van der Waals surface area contributed by atoms with Crippen LogP contribution >= 0.6 is 0 Å². The lowest BCUT2D eigenvalue weighted by Crippen LogP contribution is -2.37. The van der Waals surface area contributed by atoms with E-state index in [-0.39, 0.29) is 0 Å². The lowest BCUT2D eigenvalue weighted by atomic mass is 9.95. The van der Waals surface area contributed by atoms with Gasteiger partial charge < -0.3 is 19.5 Å². The molecule has 4 heteroatoms. The standard InChI is InChI=1S/C14H27NO3/c1-16-13-3-2-4-14(11-13)18-10-7-15-12-5-8-17-9-6-12/h12-15H,2-11H2,1H3. The summed E-state index contributed by atoms with van der Waals surface area (Å²) in [5, 5.41) is 3.55. The lowest BCUT2D eigenvalue weighted by Gasteiger charge is -2.29. The van der Waals surface area contributed by atoms with Crippen molar-refractivity contribution in [1.82, 2.24) is 5.32 Å². The normalized spacial score (nSPS) is 30.5. The molecule has 1 N–H and O–H groups in total. The molecule has 18 heavy (non-hydrogen) atoms. The van der Waals surface area contributed by atoms with E-state index in [0.717, 1.165) is 45.6 Å². The zero-order chi connectivity index (χ0) is 12.6. The van der Waals surface area contributed by atoms with E-state index in [1.807, 2.05) is 0 Å². The van der Waals surface area contributed by atoms with Crippen LogP contribution in [-0.2, 0) is 14.2 Å². The average Bonchev–Trinajstić information content (AvgIpc) is 2.45. The fourth-order valence-electron chi connectivity index (χ4n) is 2.86. The predicted molar refractivity (Wildman–Crippen MR) is 70.8 cm³/mol. The maximum absolute atomic E-state index is 5.93. The van der Waals surface area contributed by atoms with Crippen molar-refractivity contribution < 1.29 is 14.2 Å². The summed E-state index contributed by atoms with van der Waals surface area (Å²) >= 11 is 0. The van der Waals surface area contributed by atoms with Crippen LogP contribution in [0, 0.1) is 0 Å². The van der Waals surface area contributed by atoms with Crippen molar-refractivity contribution in [2.75, 3.05) is 33.5 Å². The monoisotopic (exact) mass is 257 g/mol. The van der Waals surface area contributed by atoms with Gasteiger partial charge in [-0.2, -0.15) is 0 Å². The van der Waals surface area contributed by atoms with Crippen molar-refractivity contribution in [1.29, 1.82) is 0 Å². The molecule has 1 saturated carbocycles. The smallest absolute Gasteiger partial charge is 0.0600 e. The van der Waals surface area contributed by atoms with E-state index in [0.29, 0.717) is 18.2 Å². The minimum Gasteiger partial charge on any atom is -0.381 e. The zero-order valence-electron chi connectivity index (χ0n) is 11.5. The number of methoxy groups -OCH3 is 1. The Morgan fingerprint density at radius 1 is 1.11 bits per heavy atom. The van der Waals surface area contributed by atoms with E-state index in [1.54, 1.807) is 7.11 Å². The van der Waals surface area contributed by atoms with Crippen LogP contribution in [0.3, 0.4) is 0 Å². The largest absolute Gasteiger partial charge is 0.381 e. The fraction of sp³-hybridized carbons (Fsp3) is 1.00. The highest BCUT2D eigenvalue weighted by Crippen LogP contribution is 2.22. The van der Waals surface area contributed by atoms with Crippen LogP contribution in [0.15, 0.2) is 0 Å². The Balaban J connectivity index is 1.52. The van der Waals surface area contributed by atoms with Gasteiger partial charge >= 0.3 is 0 Å². The van der Waals surface area contributed by atoms with Crippen molar-refractivity contribution in [2.45, 2.75) is 56.8 Å². The van der Waals surface area contributed by atoms with E-state index in [9.17, 15) is 0 Å². The van der Waals surface area contributed by atoms with Crippen LogP contribution in [0.1, 0.15) is 38.5 Å². The minimum atomic E-state index is 0.403. The van der Waals surface area contributed by atoms with Gasteiger partial charge in [-0.15, -0.1) is 0 Å². The number of nitrogens with one attached hydrogen (secondary N) is 1. The second-order valence-electron chi connectivity index (χ2n) is 5.36. The molecule has 1 saturated heterocycles. The Morgan fingerprint density at radius 3 is 2.67 bits per heavy atom. The topological polar surface area (TPSA) is 39.7 Å². The van der Waals surface area contributed by atoms with Crippen LogP contribution in [0.2, 0.25) is 0 Å². The molecule has 1 aliphatic carbocycles. The molecule has 0 aromatic heterocycles. The van der Waals surface area contributed by atoms with E-state index >= 15 is 0 Å². The predicted octanol–water partition coefficient (Wildman–Crippen LogP) is 1.73. The molecule has 2 unspecified atom stereocenters. The first-order chi connectivity index (χ1) is 8.88. The van der Waals surface area contributed by atoms with Gasteiger partial charge in [0.2, 0.25) is 0 Å². The molecule has 1 aliphatic heterocycles. The first-order valence-electron chi connectivity index (χ1n) is 7.34. The first kappa shape index (κ1) is 14.3. The highest BCUT2D eigenvalue weighted by atomic mass is 16.5. The molecule has 2 rings (SSSR count). The van der Waals surface area contributed by atoms with Gasteiger partial charge in [0.15, 0.2) is 0 Å². The molecule has 1 heterocycles. The highest BCUT2D eigenvalue weighted by molar-refractivity contribution is 4.74. The summed E-state index contributed by atoms with van der Waals surface area (Å²) in [6, 6.07) is 0.625. The second-order valence-corrected chi connectivity index (χ2v) is 5.36. The Bertz CT molecular complexity index is 219. The fourth-order valence-corrected chi connectivity index (χ4v) is 2.86. The van der Waals surface area contributed by atoms with Crippen molar-refractivity contribution in [3.05, 3.63) is 0 Å². The van der Waals surface area contributed by atoms with Crippen molar-refractivity contribution in [3.63, 3.8) is 0 Å². The molecule has 106 valence electrons. The SMILES string of the molecule is COC1CCCC(OCCNC2CCOCC2)C1. The van der Waals surface area contributed by atoms with Crippen molar-refractivity contribution in [3.8, 4) is 0 Å². The van der Waals surface area contributed by atoms with Gasteiger partial charge in [0.25, 0.3) is 0 Å². The quantitative estimate of drug-likeness (QED) is 0.736. The Labute approximate surface area is 110 Å². The van der Waals surface area contributed by atoms with E-state index in [1.165, 1.54) is 19.3 Å². The summed E-state index contributed by atoms with van der Waals surface area (Å²) in [5.74, 6) is 0. The number of rotatable bonds is 6. The van der Waals surface area contributed by atoms with E-state index in [2.05, 4.69) is 5.32 Å². The maximum Gasteiger partial charge on any atom is 0.0600 e. The number of hydrogen-bond donors (Lipinski definition) is 1. The van der Waals surface area contributed by atoms with Crippen LogP contribution in [0.25, 0.3) is 0 Å². The molecule has 0 amide bonds. The van der Waals surface area contributed by atoms with Gasteiger partial charge in [-0.05, 0) is 38.5 Å². The summed E-state index contributed by atoms with van der Waals surface area (Å²) in [6.45, 7) is 3.57. The Hall–Kier alpha value is -0.160. The molecule has 2 aliphatic rings. The van der Waals surface area contributed by atoms with Crippen LogP contribution in [-0.4, -0.2) is 51.7 Å². The molecule has 0 radical (unpaired) electrons.